The molecule has 0 aliphatic heterocycles. The number of nitrogens with zero attached hydrogens (tertiary/aromatic N) is 1. The van der Waals surface area contributed by atoms with Crippen LogP contribution in [0.1, 0.15) is 31.2 Å². The quantitative estimate of drug-likeness (QED) is 0.725. The zero-order valence-electron chi connectivity index (χ0n) is 7.93. The van der Waals surface area contributed by atoms with Crippen LogP contribution >= 0.6 is 0 Å². The van der Waals surface area contributed by atoms with Crippen molar-refractivity contribution in [2.75, 3.05) is 0 Å². The maximum Gasteiger partial charge on any atom is 0.159 e. The number of hydrogen-bond donors (Lipinski definition) is 0. The van der Waals surface area contributed by atoms with E-state index in [0.29, 0.717) is 12.8 Å². The summed E-state index contributed by atoms with van der Waals surface area (Å²) in [5, 5.41) is 8.38. The van der Waals surface area contributed by atoms with Gasteiger partial charge in [0, 0.05) is 6.42 Å². The fraction of sp³-hybridized carbons (Fsp3) is 0.364. The van der Waals surface area contributed by atoms with Crippen LogP contribution in [0.2, 0.25) is 0 Å². The summed E-state index contributed by atoms with van der Waals surface area (Å²) in [6.07, 6.45) is 1.10. The van der Waals surface area contributed by atoms with Crippen LogP contribution in [0.3, 0.4) is 0 Å². The van der Waals surface area contributed by atoms with Crippen molar-refractivity contribution in [1.29, 1.82) is 5.26 Å². The first-order valence-electron chi connectivity index (χ1n) is 4.47. The Balaban J connectivity index is 2.76. The van der Waals surface area contributed by atoms with Gasteiger partial charge in [-0.15, -0.1) is 0 Å². The Bertz CT molecular complexity index is 355. The summed E-state index contributed by atoms with van der Waals surface area (Å²) in [5.74, 6) is -1.57. The van der Waals surface area contributed by atoms with E-state index >= 15 is 0 Å². The van der Waals surface area contributed by atoms with E-state index < -0.39 is 11.6 Å². The molecule has 0 saturated heterocycles. The molecule has 14 heavy (non-hydrogen) atoms. The van der Waals surface area contributed by atoms with Gasteiger partial charge in [0.15, 0.2) is 11.6 Å². The van der Waals surface area contributed by atoms with E-state index in [9.17, 15) is 8.78 Å². The second-order valence-electron chi connectivity index (χ2n) is 3.27. The van der Waals surface area contributed by atoms with Crippen molar-refractivity contribution in [2.45, 2.75) is 25.7 Å². The summed E-state index contributed by atoms with van der Waals surface area (Å²) in [7, 11) is 0. The third-order valence-corrected chi connectivity index (χ3v) is 2.20. The van der Waals surface area contributed by atoms with Crippen LogP contribution in [0.15, 0.2) is 18.2 Å². The van der Waals surface area contributed by atoms with Crippen LogP contribution in [0.5, 0.6) is 0 Å². The Hall–Kier alpha value is -1.43. The van der Waals surface area contributed by atoms with Crippen molar-refractivity contribution < 1.29 is 8.78 Å². The minimum absolute atomic E-state index is 0.0877. The van der Waals surface area contributed by atoms with Gasteiger partial charge in [-0.05, 0) is 30.0 Å². The molecule has 1 unspecified atom stereocenters. The molecule has 0 aliphatic carbocycles. The van der Waals surface area contributed by atoms with Gasteiger partial charge in [0.2, 0.25) is 0 Å². The average molecular weight is 195 g/mol. The molecule has 0 amide bonds. The number of halogens is 2. The highest BCUT2D eigenvalue weighted by Gasteiger charge is 2.08. The zero-order valence-corrected chi connectivity index (χ0v) is 7.93. The molecule has 0 radical (unpaired) electrons. The van der Waals surface area contributed by atoms with Crippen LogP contribution < -0.4 is 0 Å². The highest BCUT2D eigenvalue weighted by molar-refractivity contribution is 5.21. The normalized spacial score (nSPS) is 12.1. The molecule has 0 N–H and O–H groups in total. The predicted octanol–water partition coefficient (Wildman–Crippen LogP) is 3.37. The minimum atomic E-state index is -0.832. The summed E-state index contributed by atoms with van der Waals surface area (Å²) < 4.78 is 25.4. The van der Waals surface area contributed by atoms with Gasteiger partial charge in [0.25, 0.3) is 0 Å². The van der Waals surface area contributed by atoms with Crippen molar-refractivity contribution in [3.05, 3.63) is 35.4 Å². The van der Waals surface area contributed by atoms with Gasteiger partial charge in [0.05, 0.1) is 6.07 Å². The molecule has 1 rings (SSSR count). The van der Waals surface area contributed by atoms with E-state index in [1.54, 1.807) is 6.07 Å². The van der Waals surface area contributed by atoms with Crippen LogP contribution in [0, 0.1) is 23.0 Å². The van der Waals surface area contributed by atoms with E-state index in [-0.39, 0.29) is 5.92 Å². The molecule has 0 aromatic heterocycles. The predicted molar refractivity (Wildman–Crippen MR) is 49.6 cm³/mol. The summed E-state index contributed by atoms with van der Waals surface area (Å²) in [5.41, 5.74) is 0.735. The molecule has 0 bridgehead atoms. The maximum absolute atomic E-state index is 12.8. The first-order valence-corrected chi connectivity index (χ1v) is 4.47. The van der Waals surface area contributed by atoms with Gasteiger partial charge in [0.1, 0.15) is 0 Å². The second-order valence-corrected chi connectivity index (χ2v) is 3.27. The van der Waals surface area contributed by atoms with Crippen molar-refractivity contribution in [3.8, 4) is 6.07 Å². The van der Waals surface area contributed by atoms with Gasteiger partial charge in [-0.3, -0.25) is 0 Å². The smallest absolute Gasteiger partial charge is 0.159 e. The summed E-state index contributed by atoms with van der Waals surface area (Å²) >= 11 is 0. The van der Waals surface area contributed by atoms with E-state index in [2.05, 4.69) is 0 Å². The van der Waals surface area contributed by atoms with Crippen LogP contribution in [0.25, 0.3) is 0 Å². The highest BCUT2D eigenvalue weighted by atomic mass is 19.2. The number of rotatable bonds is 3. The monoisotopic (exact) mass is 195 g/mol. The third kappa shape index (κ3) is 2.53. The number of nitriles is 1. The molecule has 0 aliphatic rings. The zero-order chi connectivity index (χ0) is 10.6. The largest absolute Gasteiger partial charge is 0.204 e. The summed E-state index contributed by atoms with van der Waals surface area (Å²) in [6, 6.07) is 5.89. The molecule has 0 heterocycles. The lowest BCUT2D eigenvalue weighted by molar-refractivity contribution is 0.505. The van der Waals surface area contributed by atoms with Crippen molar-refractivity contribution in [1.82, 2.24) is 0 Å². The van der Waals surface area contributed by atoms with E-state index in [1.807, 2.05) is 13.0 Å². The average Bonchev–Trinajstić information content (AvgIpc) is 2.18. The second kappa shape index (κ2) is 4.71. The van der Waals surface area contributed by atoms with E-state index in [4.69, 9.17) is 5.26 Å². The molecule has 3 heteroatoms. The van der Waals surface area contributed by atoms with Crippen molar-refractivity contribution in [3.63, 3.8) is 0 Å². The third-order valence-electron chi connectivity index (χ3n) is 2.20. The standard InChI is InChI=1S/C11H11F2N/c1-8(3-2-6-14)9-4-5-10(12)11(13)7-9/h4-5,7-8H,2-3H2,1H3. The Labute approximate surface area is 82.0 Å². The Morgan fingerprint density at radius 1 is 1.36 bits per heavy atom. The molecule has 1 atom stereocenters. The molecule has 0 saturated carbocycles. The first-order chi connectivity index (χ1) is 6.65. The van der Waals surface area contributed by atoms with Crippen LogP contribution in [-0.2, 0) is 0 Å². The lowest BCUT2D eigenvalue weighted by atomic mass is 9.96. The molecule has 1 aromatic rings. The molecule has 1 nitrogen and oxygen atoms in total. The fourth-order valence-corrected chi connectivity index (χ4v) is 1.27. The van der Waals surface area contributed by atoms with Gasteiger partial charge in [-0.2, -0.15) is 5.26 Å². The molecular formula is C11H11F2N. The van der Waals surface area contributed by atoms with Crippen molar-refractivity contribution in [2.24, 2.45) is 0 Å². The number of benzene rings is 1. The van der Waals surface area contributed by atoms with Gasteiger partial charge < -0.3 is 0 Å². The van der Waals surface area contributed by atoms with Crippen LogP contribution in [0.4, 0.5) is 8.78 Å². The molecule has 0 fully saturated rings. The van der Waals surface area contributed by atoms with Gasteiger partial charge >= 0.3 is 0 Å². The number of hydrogen-bond acceptors (Lipinski definition) is 1. The molecular weight excluding hydrogens is 184 g/mol. The first kappa shape index (κ1) is 10.6. The lowest BCUT2D eigenvalue weighted by Gasteiger charge is -2.09. The van der Waals surface area contributed by atoms with E-state index in [0.717, 1.165) is 11.6 Å². The highest BCUT2D eigenvalue weighted by Crippen LogP contribution is 2.21. The van der Waals surface area contributed by atoms with Gasteiger partial charge in [-0.1, -0.05) is 13.0 Å². The van der Waals surface area contributed by atoms with Crippen LogP contribution in [-0.4, -0.2) is 0 Å². The Kier molecular flexibility index (Phi) is 3.58. The lowest BCUT2D eigenvalue weighted by Crippen LogP contribution is -1.95. The van der Waals surface area contributed by atoms with Gasteiger partial charge in [-0.25, -0.2) is 8.78 Å². The fourth-order valence-electron chi connectivity index (χ4n) is 1.27. The maximum atomic E-state index is 12.8. The molecule has 1 aromatic carbocycles. The van der Waals surface area contributed by atoms with Crippen molar-refractivity contribution >= 4 is 0 Å². The minimum Gasteiger partial charge on any atom is -0.204 e. The Morgan fingerprint density at radius 2 is 2.07 bits per heavy atom. The SMILES string of the molecule is CC(CCC#N)c1ccc(F)c(F)c1. The molecule has 0 spiro atoms. The molecule has 74 valence electrons. The Morgan fingerprint density at radius 3 is 2.64 bits per heavy atom. The summed E-state index contributed by atoms with van der Waals surface area (Å²) in [4.78, 5) is 0. The topological polar surface area (TPSA) is 23.8 Å². The van der Waals surface area contributed by atoms with E-state index in [1.165, 1.54) is 6.07 Å². The summed E-state index contributed by atoms with van der Waals surface area (Å²) in [6.45, 7) is 1.89.